The molecule has 0 saturated carbocycles. The molecule has 0 saturated heterocycles. The van der Waals surface area contributed by atoms with E-state index in [0.717, 1.165) is 17.7 Å². The third-order valence-corrected chi connectivity index (χ3v) is 3.50. The number of nitrogens with one attached hydrogen (secondary N) is 2. The Morgan fingerprint density at radius 2 is 1.79 bits per heavy atom. The predicted molar refractivity (Wildman–Crippen MR) is 92.9 cm³/mol. The van der Waals surface area contributed by atoms with Gasteiger partial charge in [0.15, 0.2) is 0 Å². The number of hydrogen-bond donors (Lipinski definition) is 2. The summed E-state index contributed by atoms with van der Waals surface area (Å²) in [7, 11) is 0. The van der Waals surface area contributed by atoms with Crippen LogP contribution in [-0.4, -0.2) is 16.2 Å². The topological polar surface area (TPSA) is 80.0 Å². The summed E-state index contributed by atoms with van der Waals surface area (Å²) in [6.45, 7) is 3.81. The number of urea groups is 1. The molecule has 3 rings (SSSR count). The van der Waals surface area contributed by atoms with E-state index in [-0.39, 0.29) is 6.03 Å². The zero-order chi connectivity index (χ0) is 16.9. The smallest absolute Gasteiger partial charge is 0.323 e. The van der Waals surface area contributed by atoms with Crippen molar-refractivity contribution >= 4 is 17.4 Å². The van der Waals surface area contributed by atoms with E-state index in [9.17, 15) is 4.79 Å². The van der Waals surface area contributed by atoms with E-state index in [1.807, 2.05) is 36.4 Å². The van der Waals surface area contributed by atoms with Gasteiger partial charge < -0.3 is 15.2 Å². The van der Waals surface area contributed by atoms with Crippen LogP contribution in [0.2, 0.25) is 0 Å². The summed E-state index contributed by atoms with van der Waals surface area (Å²) in [5.41, 5.74) is 3.36. The van der Waals surface area contributed by atoms with Gasteiger partial charge in [0.25, 0.3) is 0 Å². The standard InChI is InChI=1S/C18H18N4O2/c1-3-13-6-4-8-15(10-13)20-18(23)21-16-9-5-7-14(11-16)17-19-12(2)24-22-17/h4-11H,3H2,1-2H3,(H2,20,21,23). The molecule has 3 aromatic rings. The summed E-state index contributed by atoms with van der Waals surface area (Å²) in [4.78, 5) is 16.3. The first-order valence-electron chi connectivity index (χ1n) is 7.72. The number of nitrogens with zero attached hydrogens (tertiary/aromatic N) is 2. The number of benzene rings is 2. The quantitative estimate of drug-likeness (QED) is 0.752. The fourth-order valence-corrected chi connectivity index (χ4v) is 2.31. The molecule has 0 radical (unpaired) electrons. The number of anilines is 2. The fourth-order valence-electron chi connectivity index (χ4n) is 2.31. The number of aryl methyl sites for hydroxylation is 2. The molecule has 6 nitrogen and oxygen atoms in total. The van der Waals surface area contributed by atoms with Crippen LogP contribution in [0, 0.1) is 6.92 Å². The Morgan fingerprint density at radius 3 is 2.46 bits per heavy atom. The van der Waals surface area contributed by atoms with Crippen LogP contribution in [0.3, 0.4) is 0 Å². The Hall–Kier alpha value is -3.15. The molecule has 0 bridgehead atoms. The maximum absolute atomic E-state index is 12.2. The van der Waals surface area contributed by atoms with Crippen molar-refractivity contribution in [2.24, 2.45) is 0 Å². The van der Waals surface area contributed by atoms with Crippen molar-refractivity contribution < 1.29 is 9.32 Å². The van der Waals surface area contributed by atoms with Gasteiger partial charge in [0.05, 0.1) is 0 Å². The van der Waals surface area contributed by atoms with Gasteiger partial charge in [0.1, 0.15) is 0 Å². The lowest BCUT2D eigenvalue weighted by molar-refractivity contribution is 0.262. The van der Waals surface area contributed by atoms with Crippen LogP contribution in [-0.2, 0) is 6.42 Å². The molecule has 0 atom stereocenters. The minimum absolute atomic E-state index is 0.301. The second kappa shape index (κ2) is 6.95. The van der Waals surface area contributed by atoms with Gasteiger partial charge in [-0.15, -0.1) is 0 Å². The molecule has 2 amide bonds. The summed E-state index contributed by atoms with van der Waals surface area (Å²) in [6, 6.07) is 14.8. The van der Waals surface area contributed by atoms with Gasteiger partial charge in [-0.1, -0.05) is 36.3 Å². The first-order valence-corrected chi connectivity index (χ1v) is 7.72. The molecule has 0 fully saturated rings. The van der Waals surface area contributed by atoms with Crippen molar-refractivity contribution in [1.82, 2.24) is 10.1 Å². The Balaban J connectivity index is 1.70. The number of aromatic nitrogens is 2. The highest BCUT2D eigenvalue weighted by Gasteiger charge is 2.08. The van der Waals surface area contributed by atoms with Crippen LogP contribution in [0.5, 0.6) is 0 Å². The van der Waals surface area contributed by atoms with Gasteiger partial charge in [-0.05, 0) is 36.2 Å². The van der Waals surface area contributed by atoms with Crippen molar-refractivity contribution in [3.8, 4) is 11.4 Å². The number of carbonyl (C=O) groups is 1. The first kappa shape index (κ1) is 15.7. The average molecular weight is 322 g/mol. The molecule has 6 heteroatoms. The molecule has 2 N–H and O–H groups in total. The van der Waals surface area contributed by atoms with Crippen molar-refractivity contribution in [2.45, 2.75) is 20.3 Å². The fraction of sp³-hybridized carbons (Fsp3) is 0.167. The van der Waals surface area contributed by atoms with Gasteiger partial charge in [0.2, 0.25) is 11.7 Å². The zero-order valence-electron chi connectivity index (χ0n) is 13.5. The number of hydrogen-bond acceptors (Lipinski definition) is 4. The minimum Gasteiger partial charge on any atom is -0.339 e. The van der Waals surface area contributed by atoms with Crippen LogP contribution in [0.1, 0.15) is 18.4 Å². The maximum Gasteiger partial charge on any atom is 0.323 e. The molecule has 0 spiro atoms. The molecule has 0 aliphatic heterocycles. The Labute approximate surface area is 139 Å². The van der Waals surface area contributed by atoms with Crippen molar-refractivity contribution in [2.75, 3.05) is 10.6 Å². The van der Waals surface area contributed by atoms with E-state index in [2.05, 4.69) is 27.7 Å². The molecule has 0 aliphatic rings. The number of carbonyl (C=O) groups excluding carboxylic acids is 1. The second-order valence-electron chi connectivity index (χ2n) is 5.35. The summed E-state index contributed by atoms with van der Waals surface area (Å²) in [6.07, 6.45) is 0.920. The third kappa shape index (κ3) is 3.78. The van der Waals surface area contributed by atoms with Crippen molar-refractivity contribution in [3.05, 3.63) is 60.0 Å². The summed E-state index contributed by atoms with van der Waals surface area (Å²) < 4.78 is 4.98. The van der Waals surface area contributed by atoms with E-state index in [1.54, 1.807) is 19.1 Å². The van der Waals surface area contributed by atoms with E-state index in [4.69, 9.17) is 4.52 Å². The average Bonchev–Trinajstić information content (AvgIpc) is 3.02. The second-order valence-corrected chi connectivity index (χ2v) is 5.35. The molecular formula is C18H18N4O2. The molecule has 1 aromatic heterocycles. The van der Waals surface area contributed by atoms with E-state index in [0.29, 0.717) is 17.4 Å². The highest BCUT2D eigenvalue weighted by Crippen LogP contribution is 2.20. The molecular weight excluding hydrogens is 304 g/mol. The SMILES string of the molecule is CCc1cccc(NC(=O)Nc2cccc(-c3noc(C)n3)c2)c1. The largest absolute Gasteiger partial charge is 0.339 e. The molecule has 1 heterocycles. The maximum atomic E-state index is 12.2. The van der Waals surface area contributed by atoms with E-state index < -0.39 is 0 Å². The van der Waals surface area contributed by atoms with E-state index >= 15 is 0 Å². The minimum atomic E-state index is -0.301. The van der Waals surface area contributed by atoms with Crippen LogP contribution >= 0.6 is 0 Å². The lowest BCUT2D eigenvalue weighted by Crippen LogP contribution is -2.19. The Bertz CT molecular complexity index is 857. The zero-order valence-corrected chi connectivity index (χ0v) is 13.5. The Kier molecular flexibility index (Phi) is 4.56. The summed E-state index contributed by atoms with van der Waals surface area (Å²) >= 11 is 0. The van der Waals surface area contributed by atoms with Crippen LogP contribution in [0.15, 0.2) is 53.1 Å². The normalized spacial score (nSPS) is 10.4. The number of rotatable bonds is 4. The Morgan fingerprint density at radius 1 is 1.08 bits per heavy atom. The molecule has 0 unspecified atom stereocenters. The highest BCUT2D eigenvalue weighted by atomic mass is 16.5. The molecule has 2 aromatic carbocycles. The first-order chi connectivity index (χ1) is 11.6. The van der Waals surface area contributed by atoms with Crippen LogP contribution < -0.4 is 10.6 Å². The van der Waals surface area contributed by atoms with Gasteiger partial charge in [-0.2, -0.15) is 4.98 Å². The van der Waals surface area contributed by atoms with Gasteiger partial charge in [-0.3, -0.25) is 0 Å². The van der Waals surface area contributed by atoms with Crippen molar-refractivity contribution in [1.29, 1.82) is 0 Å². The highest BCUT2D eigenvalue weighted by molar-refractivity contribution is 6.00. The van der Waals surface area contributed by atoms with Crippen molar-refractivity contribution in [3.63, 3.8) is 0 Å². The molecule has 24 heavy (non-hydrogen) atoms. The van der Waals surface area contributed by atoms with E-state index in [1.165, 1.54) is 5.56 Å². The predicted octanol–water partition coefficient (Wildman–Crippen LogP) is 4.25. The lowest BCUT2D eigenvalue weighted by Gasteiger charge is -2.09. The summed E-state index contributed by atoms with van der Waals surface area (Å²) in [5.74, 6) is 0.990. The monoisotopic (exact) mass is 322 g/mol. The van der Waals surface area contributed by atoms with Crippen LogP contribution in [0.4, 0.5) is 16.2 Å². The molecule has 122 valence electrons. The van der Waals surface area contributed by atoms with Gasteiger partial charge in [0, 0.05) is 23.9 Å². The summed E-state index contributed by atoms with van der Waals surface area (Å²) in [5, 5.41) is 9.52. The lowest BCUT2D eigenvalue weighted by atomic mass is 10.1. The molecule has 0 aliphatic carbocycles. The number of amides is 2. The third-order valence-electron chi connectivity index (χ3n) is 3.50. The van der Waals surface area contributed by atoms with Gasteiger partial charge in [-0.25, -0.2) is 4.79 Å². The van der Waals surface area contributed by atoms with Gasteiger partial charge >= 0.3 is 6.03 Å². The van der Waals surface area contributed by atoms with Crippen LogP contribution in [0.25, 0.3) is 11.4 Å².